The van der Waals surface area contributed by atoms with Crippen LogP contribution in [0.5, 0.6) is 0 Å². The van der Waals surface area contributed by atoms with Crippen LogP contribution in [-0.2, 0) is 5.41 Å². The Labute approximate surface area is 363 Å². The maximum atomic E-state index is 4.07. The van der Waals surface area contributed by atoms with Crippen LogP contribution < -0.4 is 0 Å². The largest absolute Gasteiger partial charge is 0.309 e. The molecule has 0 radical (unpaired) electrons. The van der Waals surface area contributed by atoms with Gasteiger partial charge in [0.25, 0.3) is 0 Å². The Kier molecular flexibility index (Phi) is 13.1. The van der Waals surface area contributed by atoms with Crippen molar-refractivity contribution in [2.24, 2.45) is 0 Å². The van der Waals surface area contributed by atoms with Gasteiger partial charge in [0.05, 0.1) is 11.0 Å². The summed E-state index contributed by atoms with van der Waals surface area (Å²) in [6, 6.07) is 56.5. The number of para-hydroxylation sites is 1. The highest BCUT2D eigenvalue weighted by atomic mass is 15.0. The van der Waals surface area contributed by atoms with Gasteiger partial charge < -0.3 is 4.57 Å². The van der Waals surface area contributed by atoms with Crippen molar-refractivity contribution in [1.82, 2.24) is 4.57 Å². The van der Waals surface area contributed by atoms with Crippen LogP contribution in [0.1, 0.15) is 56.9 Å². The number of aryl methyl sites for hydroxylation is 2. The van der Waals surface area contributed by atoms with E-state index in [0.29, 0.717) is 0 Å². The maximum Gasteiger partial charge on any atom is 0.0541 e. The number of fused-ring (bicyclic) bond motifs is 5. The van der Waals surface area contributed by atoms with Crippen molar-refractivity contribution in [2.45, 2.75) is 53.9 Å². The van der Waals surface area contributed by atoms with Crippen LogP contribution in [0.15, 0.2) is 218 Å². The van der Waals surface area contributed by atoms with Crippen LogP contribution >= 0.6 is 0 Å². The van der Waals surface area contributed by atoms with Gasteiger partial charge in [0, 0.05) is 21.9 Å². The predicted octanol–water partition coefficient (Wildman–Crippen LogP) is 17.1. The molecule has 9 rings (SSSR count). The first-order valence-electron chi connectivity index (χ1n) is 21.4. The van der Waals surface area contributed by atoms with E-state index < -0.39 is 0 Å². The van der Waals surface area contributed by atoms with E-state index in [0.717, 1.165) is 5.70 Å². The molecule has 0 amide bonds. The minimum Gasteiger partial charge on any atom is -0.309 e. The fourth-order valence-electron chi connectivity index (χ4n) is 8.27. The van der Waals surface area contributed by atoms with E-state index in [1.54, 1.807) is 0 Å². The first-order chi connectivity index (χ1) is 29.6. The second-order valence-electron chi connectivity index (χ2n) is 16.4. The smallest absolute Gasteiger partial charge is 0.0541 e. The monoisotopic (exact) mass is 791 g/mol. The lowest BCUT2D eigenvalue weighted by atomic mass is 9.81. The molecule has 1 heterocycles. The lowest BCUT2D eigenvalue weighted by Gasteiger charge is -2.23. The SMILES string of the molecule is C/C=C\C(C)=C/C1=Cc2ccccc2C1(C)C.C=C/C(=C\C=C/C)n1c2ccccc2c2cc(-c3cccc(-c4ccc(C)cc4)c3)ccc21.Cc1ccc2ccccc2c1. The molecule has 1 heteroatoms. The molecule has 0 fully saturated rings. The van der Waals surface area contributed by atoms with Gasteiger partial charge in [0.2, 0.25) is 0 Å². The standard InChI is InChI=1S/C32H27N.C17H20.C11H10/c1-4-6-12-28(5-2)33-31-14-8-7-13-29(31)30-22-27(19-20-32(30)33)26-11-9-10-25(21-26)24-17-15-23(3)16-18-24;1-5-8-13(2)11-15-12-14-9-6-7-10-16(14)17(15,3)4;1-9-6-7-10-4-2-3-5-11(10)8-9/h4-22H,2H2,1,3H3;5-12H,1-4H3;2-8H,1H3/b6-4-,28-12+;8-5-,13-11-;. The summed E-state index contributed by atoms with van der Waals surface area (Å²) >= 11 is 0. The van der Waals surface area contributed by atoms with Crippen LogP contribution in [0, 0.1) is 13.8 Å². The average molecular weight is 792 g/mol. The minimum atomic E-state index is 0.124. The first kappa shape index (κ1) is 42.2. The highest BCUT2D eigenvalue weighted by Gasteiger charge is 2.31. The number of benzene rings is 7. The zero-order valence-corrected chi connectivity index (χ0v) is 36.8. The topological polar surface area (TPSA) is 4.93 Å². The molecule has 0 unspecified atom stereocenters. The lowest BCUT2D eigenvalue weighted by Crippen LogP contribution is -2.16. The molecule has 302 valence electrons. The molecule has 0 atom stereocenters. The van der Waals surface area contributed by atoms with Gasteiger partial charge >= 0.3 is 0 Å². The summed E-state index contributed by atoms with van der Waals surface area (Å²) in [5.74, 6) is 0. The van der Waals surface area contributed by atoms with Gasteiger partial charge in [-0.1, -0.05) is 207 Å². The summed E-state index contributed by atoms with van der Waals surface area (Å²) in [5, 5.41) is 5.14. The zero-order valence-electron chi connectivity index (χ0n) is 36.8. The third-order valence-electron chi connectivity index (χ3n) is 11.6. The highest BCUT2D eigenvalue weighted by Crippen LogP contribution is 2.42. The molecule has 0 aliphatic heterocycles. The van der Waals surface area contributed by atoms with Crippen LogP contribution in [0.3, 0.4) is 0 Å². The molecule has 0 saturated heterocycles. The quantitative estimate of drug-likeness (QED) is 0.142. The average Bonchev–Trinajstić information content (AvgIpc) is 3.74. The maximum absolute atomic E-state index is 4.07. The number of nitrogens with zero attached hydrogens (tertiary/aromatic N) is 1. The van der Waals surface area contributed by atoms with Gasteiger partial charge in [-0.25, -0.2) is 0 Å². The van der Waals surface area contributed by atoms with Gasteiger partial charge in [0.1, 0.15) is 0 Å². The molecule has 0 saturated carbocycles. The minimum absolute atomic E-state index is 0.124. The van der Waals surface area contributed by atoms with E-state index in [9.17, 15) is 0 Å². The van der Waals surface area contributed by atoms with Gasteiger partial charge in [-0.15, -0.1) is 0 Å². The Hall–Kier alpha value is -6.96. The number of hydrogen-bond acceptors (Lipinski definition) is 0. The van der Waals surface area contributed by atoms with E-state index in [1.807, 2.05) is 19.1 Å². The predicted molar refractivity (Wildman–Crippen MR) is 269 cm³/mol. The fraction of sp³-hybridized carbons (Fsp3) is 0.133. The number of hydrogen-bond donors (Lipinski definition) is 0. The fourth-order valence-corrected chi connectivity index (χ4v) is 8.27. The first-order valence-corrected chi connectivity index (χ1v) is 21.4. The highest BCUT2D eigenvalue weighted by molar-refractivity contribution is 6.11. The van der Waals surface area contributed by atoms with E-state index in [-0.39, 0.29) is 5.41 Å². The molecule has 1 aromatic heterocycles. The molecular formula is C60H57N. The van der Waals surface area contributed by atoms with E-state index >= 15 is 0 Å². The molecule has 0 spiro atoms. The molecule has 1 aliphatic carbocycles. The lowest BCUT2D eigenvalue weighted by molar-refractivity contribution is 0.654. The Morgan fingerprint density at radius 3 is 1.95 bits per heavy atom. The van der Waals surface area contributed by atoms with Gasteiger partial charge in [-0.05, 0) is 121 Å². The van der Waals surface area contributed by atoms with Gasteiger partial charge in [0.15, 0.2) is 0 Å². The molecule has 8 aromatic rings. The second-order valence-corrected chi connectivity index (χ2v) is 16.4. The summed E-state index contributed by atoms with van der Waals surface area (Å²) in [6.07, 6.45) is 17.0. The summed E-state index contributed by atoms with van der Waals surface area (Å²) in [7, 11) is 0. The summed E-state index contributed by atoms with van der Waals surface area (Å²) in [6.45, 7) is 19.1. The molecule has 7 aromatic carbocycles. The van der Waals surface area contributed by atoms with Crippen LogP contribution in [0.4, 0.5) is 0 Å². The Morgan fingerprint density at radius 1 is 0.574 bits per heavy atom. The Bertz CT molecular complexity index is 2990. The van der Waals surface area contributed by atoms with Crippen LogP contribution in [0.25, 0.3) is 66.6 Å². The molecule has 0 bridgehead atoms. The van der Waals surface area contributed by atoms with Crippen molar-refractivity contribution in [1.29, 1.82) is 0 Å². The molecule has 0 N–H and O–H groups in total. The second kappa shape index (κ2) is 19.0. The van der Waals surface area contributed by atoms with Crippen LogP contribution in [0.2, 0.25) is 0 Å². The zero-order chi connectivity index (χ0) is 42.9. The van der Waals surface area contributed by atoms with Crippen molar-refractivity contribution in [2.75, 3.05) is 0 Å². The van der Waals surface area contributed by atoms with Crippen molar-refractivity contribution in [3.05, 3.63) is 240 Å². The summed E-state index contributed by atoms with van der Waals surface area (Å²) < 4.78 is 2.30. The molecule has 1 nitrogen and oxygen atoms in total. The van der Waals surface area contributed by atoms with E-state index in [4.69, 9.17) is 0 Å². The number of allylic oxidation sites excluding steroid dienone is 10. The summed E-state index contributed by atoms with van der Waals surface area (Å²) in [5.41, 5.74) is 16.6. The van der Waals surface area contributed by atoms with Crippen molar-refractivity contribution >= 4 is 44.4 Å². The number of rotatable bonds is 7. The molecule has 1 aliphatic rings. The van der Waals surface area contributed by atoms with Crippen molar-refractivity contribution < 1.29 is 0 Å². The van der Waals surface area contributed by atoms with Gasteiger partial charge in [-0.3, -0.25) is 0 Å². The Morgan fingerprint density at radius 2 is 1.21 bits per heavy atom. The number of aromatic nitrogens is 1. The van der Waals surface area contributed by atoms with Gasteiger partial charge in [-0.2, -0.15) is 0 Å². The Balaban J connectivity index is 0.000000165. The molecule has 61 heavy (non-hydrogen) atoms. The third kappa shape index (κ3) is 9.43. The third-order valence-corrected chi connectivity index (χ3v) is 11.6. The van der Waals surface area contributed by atoms with Crippen LogP contribution in [-0.4, -0.2) is 4.57 Å². The van der Waals surface area contributed by atoms with E-state index in [1.165, 1.54) is 88.2 Å². The molecular weight excluding hydrogens is 735 g/mol. The van der Waals surface area contributed by atoms with E-state index in [2.05, 4.69) is 247 Å². The summed E-state index contributed by atoms with van der Waals surface area (Å²) in [4.78, 5) is 0. The van der Waals surface area contributed by atoms with Crippen molar-refractivity contribution in [3.8, 4) is 22.3 Å². The normalized spacial score (nSPS) is 13.5. The van der Waals surface area contributed by atoms with Crippen molar-refractivity contribution in [3.63, 3.8) is 0 Å².